The van der Waals surface area contributed by atoms with Gasteiger partial charge in [0, 0.05) is 26.1 Å². The van der Waals surface area contributed by atoms with Crippen LogP contribution in [0.1, 0.15) is 17.5 Å². The maximum atomic E-state index is 12.1. The number of alkyl carbamates (subject to hydrolysis) is 1. The van der Waals surface area contributed by atoms with Crippen molar-refractivity contribution in [1.82, 2.24) is 10.2 Å². The number of benzene rings is 2. The zero-order valence-corrected chi connectivity index (χ0v) is 13.3. The number of amides is 1. The van der Waals surface area contributed by atoms with Crippen LogP contribution in [-0.2, 0) is 17.8 Å². The Balaban J connectivity index is 1.40. The quantitative estimate of drug-likeness (QED) is 0.944. The third-order valence-electron chi connectivity index (χ3n) is 4.39. The van der Waals surface area contributed by atoms with E-state index in [1.54, 1.807) is 0 Å². The number of rotatable bonds is 3. The predicted molar refractivity (Wildman–Crippen MR) is 92.1 cm³/mol. The van der Waals surface area contributed by atoms with Crippen molar-refractivity contribution in [2.24, 2.45) is 4.99 Å². The molecule has 2 aromatic rings. The van der Waals surface area contributed by atoms with E-state index in [4.69, 9.17) is 9.73 Å². The number of amidine groups is 1. The Kier molecular flexibility index (Phi) is 3.91. The zero-order chi connectivity index (χ0) is 16.4. The lowest BCUT2D eigenvalue weighted by atomic mass is 10.1. The molecule has 5 heteroatoms. The molecule has 0 bridgehead atoms. The van der Waals surface area contributed by atoms with Crippen molar-refractivity contribution in [2.75, 3.05) is 6.54 Å². The summed E-state index contributed by atoms with van der Waals surface area (Å²) in [6.45, 7) is 2.16. The van der Waals surface area contributed by atoms with Crippen LogP contribution in [0, 0.1) is 0 Å². The highest BCUT2D eigenvalue weighted by atomic mass is 16.6. The topological polar surface area (TPSA) is 53.9 Å². The fourth-order valence-electron chi connectivity index (χ4n) is 3.16. The highest BCUT2D eigenvalue weighted by Gasteiger charge is 2.35. The van der Waals surface area contributed by atoms with Crippen LogP contribution in [0.3, 0.4) is 0 Å². The van der Waals surface area contributed by atoms with Gasteiger partial charge in [-0.05, 0) is 17.2 Å². The Hall–Kier alpha value is -2.82. The third kappa shape index (κ3) is 2.97. The molecule has 4 rings (SSSR count). The first kappa shape index (κ1) is 14.8. The Bertz CT molecular complexity index is 773. The molecule has 0 radical (unpaired) electrons. The lowest BCUT2D eigenvalue weighted by Crippen LogP contribution is -2.36. The average Bonchev–Trinajstić information content (AvgIpc) is 3.01. The summed E-state index contributed by atoms with van der Waals surface area (Å²) >= 11 is 0. The summed E-state index contributed by atoms with van der Waals surface area (Å²) in [5.74, 6) is 0.864. The van der Waals surface area contributed by atoms with Crippen molar-refractivity contribution in [3.63, 3.8) is 0 Å². The van der Waals surface area contributed by atoms with Gasteiger partial charge in [0.25, 0.3) is 0 Å². The first-order valence-electron chi connectivity index (χ1n) is 8.19. The lowest BCUT2D eigenvalue weighted by molar-refractivity contribution is 0.127. The number of aliphatic imine (C=N–C) groups is 1. The molecule has 2 heterocycles. The third-order valence-corrected chi connectivity index (χ3v) is 4.39. The summed E-state index contributed by atoms with van der Waals surface area (Å²) in [6.07, 6.45) is 0.118. The largest absolute Gasteiger partial charge is 0.438 e. The van der Waals surface area contributed by atoms with E-state index in [9.17, 15) is 4.79 Å². The predicted octanol–water partition coefficient (Wildman–Crippen LogP) is 3.23. The minimum Gasteiger partial charge on any atom is -0.438 e. The van der Waals surface area contributed by atoms with Gasteiger partial charge in [-0.1, -0.05) is 48.5 Å². The number of carbonyl (C=O) groups is 1. The molecule has 122 valence electrons. The van der Waals surface area contributed by atoms with Crippen LogP contribution in [0.4, 0.5) is 10.5 Å². The van der Waals surface area contributed by atoms with Gasteiger partial charge in [0.1, 0.15) is 5.84 Å². The van der Waals surface area contributed by atoms with Gasteiger partial charge >= 0.3 is 6.09 Å². The Morgan fingerprint density at radius 3 is 2.83 bits per heavy atom. The van der Waals surface area contributed by atoms with E-state index in [0.29, 0.717) is 6.54 Å². The minimum atomic E-state index is -0.396. The van der Waals surface area contributed by atoms with E-state index in [0.717, 1.165) is 36.6 Å². The number of hydrogen-bond acceptors (Lipinski definition) is 4. The SMILES string of the molecule is O=C(NCc1ccccc1)O[C@H]1CCN2Cc3ccccc3N=C12. The molecule has 0 spiro atoms. The van der Waals surface area contributed by atoms with E-state index in [1.165, 1.54) is 5.56 Å². The number of ether oxygens (including phenoxy) is 1. The molecule has 0 aliphatic carbocycles. The molecule has 1 fully saturated rings. The highest BCUT2D eigenvalue weighted by molar-refractivity contribution is 5.93. The van der Waals surface area contributed by atoms with E-state index >= 15 is 0 Å². The van der Waals surface area contributed by atoms with Crippen LogP contribution in [0.25, 0.3) is 0 Å². The minimum absolute atomic E-state index is 0.269. The molecule has 1 amide bonds. The van der Waals surface area contributed by atoms with E-state index in [2.05, 4.69) is 16.3 Å². The van der Waals surface area contributed by atoms with E-state index in [1.807, 2.05) is 48.5 Å². The molecule has 2 aliphatic rings. The van der Waals surface area contributed by atoms with Gasteiger partial charge in [-0.3, -0.25) is 0 Å². The van der Waals surface area contributed by atoms with Crippen molar-refractivity contribution in [3.8, 4) is 0 Å². The standard InChI is InChI=1S/C19H19N3O2/c23-19(20-12-14-6-2-1-3-7-14)24-17-10-11-22-13-15-8-4-5-9-16(15)21-18(17)22/h1-9,17H,10-13H2,(H,20,23)/t17-/m0/s1. The number of para-hydroxylation sites is 1. The molecule has 2 aliphatic heterocycles. The first-order valence-corrected chi connectivity index (χ1v) is 8.19. The van der Waals surface area contributed by atoms with E-state index in [-0.39, 0.29) is 6.10 Å². The summed E-state index contributed by atoms with van der Waals surface area (Å²) in [4.78, 5) is 19.0. The average molecular weight is 321 g/mol. The van der Waals surface area contributed by atoms with Crippen LogP contribution in [0.15, 0.2) is 59.6 Å². The van der Waals surface area contributed by atoms with Gasteiger partial charge < -0.3 is 15.0 Å². The normalized spacial score (nSPS) is 18.4. The summed E-state index contributed by atoms with van der Waals surface area (Å²) in [6, 6.07) is 17.9. The molecule has 1 atom stereocenters. The molecule has 0 saturated carbocycles. The van der Waals surface area contributed by atoms with Crippen molar-refractivity contribution >= 4 is 17.6 Å². The molecule has 24 heavy (non-hydrogen) atoms. The van der Waals surface area contributed by atoms with Crippen molar-refractivity contribution < 1.29 is 9.53 Å². The fraction of sp³-hybridized carbons (Fsp3) is 0.263. The van der Waals surface area contributed by atoms with Gasteiger partial charge in [0.15, 0.2) is 6.10 Å². The summed E-state index contributed by atoms with van der Waals surface area (Å²) in [5.41, 5.74) is 3.24. The van der Waals surface area contributed by atoms with Crippen molar-refractivity contribution in [3.05, 3.63) is 65.7 Å². The summed E-state index contributed by atoms with van der Waals surface area (Å²) < 4.78 is 5.60. The second-order valence-corrected chi connectivity index (χ2v) is 6.04. The fourth-order valence-corrected chi connectivity index (χ4v) is 3.16. The zero-order valence-electron chi connectivity index (χ0n) is 13.3. The van der Waals surface area contributed by atoms with Gasteiger partial charge in [-0.2, -0.15) is 0 Å². The summed E-state index contributed by atoms with van der Waals surface area (Å²) in [5, 5.41) is 2.81. The maximum Gasteiger partial charge on any atom is 0.408 e. The Morgan fingerprint density at radius 2 is 1.96 bits per heavy atom. The second kappa shape index (κ2) is 6.35. The van der Waals surface area contributed by atoms with Crippen molar-refractivity contribution in [1.29, 1.82) is 0 Å². The van der Waals surface area contributed by atoms with Crippen LogP contribution in [-0.4, -0.2) is 29.5 Å². The van der Waals surface area contributed by atoms with E-state index < -0.39 is 6.09 Å². The van der Waals surface area contributed by atoms with Crippen LogP contribution in [0.2, 0.25) is 0 Å². The number of hydrogen-bond donors (Lipinski definition) is 1. The lowest BCUT2D eigenvalue weighted by Gasteiger charge is -2.26. The molecule has 2 aromatic carbocycles. The van der Waals surface area contributed by atoms with Gasteiger partial charge in [-0.25, -0.2) is 9.79 Å². The van der Waals surface area contributed by atoms with Gasteiger partial charge in [0.2, 0.25) is 0 Å². The number of nitrogens with one attached hydrogen (secondary N) is 1. The molecular formula is C19H19N3O2. The first-order chi connectivity index (χ1) is 11.8. The van der Waals surface area contributed by atoms with Gasteiger partial charge in [-0.15, -0.1) is 0 Å². The monoisotopic (exact) mass is 321 g/mol. The molecular weight excluding hydrogens is 302 g/mol. The van der Waals surface area contributed by atoms with Crippen LogP contribution >= 0.6 is 0 Å². The van der Waals surface area contributed by atoms with Crippen LogP contribution < -0.4 is 5.32 Å². The Labute approximate surface area is 141 Å². The second-order valence-electron chi connectivity index (χ2n) is 6.04. The number of carbonyl (C=O) groups excluding carboxylic acids is 1. The van der Waals surface area contributed by atoms with Crippen LogP contribution in [0.5, 0.6) is 0 Å². The van der Waals surface area contributed by atoms with Gasteiger partial charge in [0.05, 0.1) is 5.69 Å². The molecule has 1 saturated heterocycles. The summed E-state index contributed by atoms with van der Waals surface area (Å²) in [7, 11) is 0. The molecule has 1 N–H and O–H groups in total. The Morgan fingerprint density at radius 1 is 1.17 bits per heavy atom. The smallest absolute Gasteiger partial charge is 0.408 e. The van der Waals surface area contributed by atoms with Crippen molar-refractivity contribution in [2.45, 2.75) is 25.6 Å². The maximum absolute atomic E-state index is 12.1. The molecule has 5 nitrogen and oxygen atoms in total. The highest BCUT2D eigenvalue weighted by Crippen LogP contribution is 2.31. The molecule has 0 unspecified atom stereocenters. The number of nitrogens with zero attached hydrogens (tertiary/aromatic N) is 2. The molecule has 0 aromatic heterocycles. The number of fused-ring (bicyclic) bond motifs is 2.